The summed E-state index contributed by atoms with van der Waals surface area (Å²) < 4.78 is 12.8. The summed E-state index contributed by atoms with van der Waals surface area (Å²) in [5.41, 5.74) is 4.95. The molecule has 190 valence electrons. The molecule has 1 saturated heterocycles. The van der Waals surface area contributed by atoms with Crippen molar-refractivity contribution >= 4 is 52.2 Å². The lowest BCUT2D eigenvalue weighted by Crippen LogP contribution is -2.54. The van der Waals surface area contributed by atoms with E-state index < -0.39 is 17.8 Å². The maximum absolute atomic E-state index is 13.3. The number of barbiturate groups is 1. The van der Waals surface area contributed by atoms with Crippen molar-refractivity contribution in [1.29, 1.82) is 0 Å². The molecule has 37 heavy (non-hydrogen) atoms. The van der Waals surface area contributed by atoms with Crippen LogP contribution in [0.2, 0.25) is 0 Å². The summed E-state index contributed by atoms with van der Waals surface area (Å²) in [4.78, 5) is 39.5. The summed E-state index contributed by atoms with van der Waals surface area (Å²) in [5.74, 6) is -0.352. The van der Waals surface area contributed by atoms with E-state index in [4.69, 9.17) is 9.47 Å². The van der Waals surface area contributed by atoms with Crippen LogP contribution >= 0.6 is 22.6 Å². The molecule has 4 amide bonds. The van der Waals surface area contributed by atoms with E-state index in [2.05, 4.69) is 46.1 Å². The zero-order valence-electron chi connectivity index (χ0n) is 21.1. The number of hydrogen-bond acceptors (Lipinski definition) is 5. The fourth-order valence-corrected chi connectivity index (χ4v) is 5.02. The first-order chi connectivity index (χ1) is 17.7. The van der Waals surface area contributed by atoms with Gasteiger partial charge in [0.15, 0.2) is 11.5 Å². The number of imide groups is 2. The van der Waals surface area contributed by atoms with Crippen LogP contribution in [0.3, 0.4) is 0 Å². The van der Waals surface area contributed by atoms with Gasteiger partial charge in [-0.15, -0.1) is 0 Å². The summed E-state index contributed by atoms with van der Waals surface area (Å²) in [5, 5.41) is 2.27. The molecule has 1 aliphatic rings. The molecule has 0 atom stereocenters. The Hall–Kier alpha value is -3.66. The number of nitrogens with one attached hydrogen (secondary N) is 1. The van der Waals surface area contributed by atoms with Gasteiger partial charge in [-0.3, -0.25) is 14.9 Å². The monoisotopic (exact) mass is 610 g/mol. The number of rotatable bonds is 7. The van der Waals surface area contributed by atoms with Crippen LogP contribution in [0.5, 0.6) is 11.5 Å². The Kier molecular flexibility index (Phi) is 7.97. The first-order valence-corrected chi connectivity index (χ1v) is 12.9. The second kappa shape index (κ2) is 11.2. The van der Waals surface area contributed by atoms with Gasteiger partial charge in [-0.25, -0.2) is 9.69 Å². The van der Waals surface area contributed by atoms with E-state index in [-0.39, 0.29) is 5.57 Å². The standard InChI is InChI=1S/C29H27IN2O5/c1-5-36-25-15-20(14-23(30)26(25)37-16-21-11-17(2)10-18(3)12-21)13-22-27(33)31-29(35)32(28(22)34)24-9-7-6-8-19(24)4/h6-15H,5,16H2,1-4H3,(H,31,33,35)/b22-13+. The number of hydrogen-bond donors (Lipinski definition) is 1. The minimum Gasteiger partial charge on any atom is -0.490 e. The van der Waals surface area contributed by atoms with E-state index in [1.807, 2.05) is 32.9 Å². The van der Waals surface area contributed by atoms with Crippen LogP contribution in [0.1, 0.15) is 34.7 Å². The molecule has 1 aliphatic heterocycles. The number of benzene rings is 3. The average Bonchev–Trinajstić information content (AvgIpc) is 2.82. The van der Waals surface area contributed by atoms with Gasteiger partial charge in [0.25, 0.3) is 11.8 Å². The highest BCUT2D eigenvalue weighted by atomic mass is 127. The number of aryl methyl sites for hydroxylation is 3. The zero-order chi connectivity index (χ0) is 26.7. The third kappa shape index (κ3) is 5.85. The second-order valence-electron chi connectivity index (χ2n) is 8.79. The van der Waals surface area contributed by atoms with Crippen LogP contribution in [0.4, 0.5) is 10.5 Å². The van der Waals surface area contributed by atoms with E-state index in [1.165, 1.54) is 6.08 Å². The Labute approximate surface area is 229 Å². The first-order valence-electron chi connectivity index (χ1n) is 11.8. The van der Waals surface area contributed by atoms with Crippen LogP contribution in [0, 0.1) is 24.3 Å². The molecular formula is C29H27IN2O5. The Balaban J connectivity index is 1.67. The molecule has 1 heterocycles. The number of ether oxygens (including phenoxy) is 2. The SMILES string of the molecule is CCOc1cc(/C=C2\C(=O)NC(=O)N(c3ccccc3C)C2=O)cc(I)c1OCc1cc(C)cc(C)c1. The molecule has 0 aromatic heterocycles. The van der Waals surface area contributed by atoms with Crippen molar-refractivity contribution in [3.63, 3.8) is 0 Å². The largest absolute Gasteiger partial charge is 0.490 e. The number of anilines is 1. The molecule has 4 rings (SSSR count). The normalized spacial score (nSPS) is 14.7. The third-order valence-electron chi connectivity index (χ3n) is 5.77. The quantitative estimate of drug-likeness (QED) is 0.206. The topological polar surface area (TPSA) is 84.9 Å². The first kappa shape index (κ1) is 26.4. The maximum atomic E-state index is 13.3. The Morgan fingerprint density at radius 3 is 2.32 bits per heavy atom. The van der Waals surface area contributed by atoms with Gasteiger partial charge in [-0.1, -0.05) is 47.5 Å². The molecule has 0 saturated carbocycles. The molecule has 0 radical (unpaired) electrons. The van der Waals surface area contributed by atoms with Gasteiger partial charge in [0, 0.05) is 0 Å². The molecule has 8 heteroatoms. The van der Waals surface area contributed by atoms with Gasteiger partial charge in [0.2, 0.25) is 0 Å². The molecule has 3 aromatic rings. The lowest BCUT2D eigenvalue weighted by atomic mass is 10.1. The van der Waals surface area contributed by atoms with Crippen LogP contribution in [-0.2, 0) is 16.2 Å². The van der Waals surface area contributed by atoms with Gasteiger partial charge in [0.1, 0.15) is 12.2 Å². The number of carbonyl (C=O) groups is 3. The summed E-state index contributed by atoms with van der Waals surface area (Å²) in [6, 6.07) is 16.0. The van der Waals surface area contributed by atoms with Crippen molar-refractivity contribution in [2.24, 2.45) is 0 Å². The highest BCUT2D eigenvalue weighted by Gasteiger charge is 2.37. The Morgan fingerprint density at radius 2 is 1.65 bits per heavy atom. The molecule has 0 unspecified atom stereocenters. The number of carbonyl (C=O) groups excluding carboxylic acids is 3. The van der Waals surface area contributed by atoms with E-state index in [9.17, 15) is 14.4 Å². The van der Waals surface area contributed by atoms with Gasteiger partial charge < -0.3 is 9.47 Å². The van der Waals surface area contributed by atoms with Crippen molar-refractivity contribution < 1.29 is 23.9 Å². The molecule has 3 aromatic carbocycles. The van der Waals surface area contributed by atoms with Crippen molar-refractivity contribution in [3.05, 3.63) is 91.6 Å². The summed E-state index contributed by atoms with van der Waals surface area (Å²) in [6.07, 6.45) is 1.47. The van der Waals surface area contributed by atoms with E-state index in [0.717, 1.165) is 30.7 Å². The lowest BCUT2D eigenvalue weighted by molar-refractivity contribution is -0.122. The van der Waals surface area contributed by atoms with Crippen LogP contribution < -0.4 is 19.7 Å². The average molecular weight is 610 g/mol. The molecule has 7 nitrogen and oxygen atoms in total. The Morgan fingerprint density at radius 1 is 0.946 bits per heavy atom. The van der Waals surface area contributed by atoms with Crippen molar-refractivity contribution in [2.45, 2.75) is 34.3 Å². The highest BCUT2D eigenvalue weighted by Crippen LogP contribution is 2.36. The maximum Gasteiger partial charge on any atom is 0.335 e. The van der Waals surface area contributed by atoms with Gasteiger partial charge in [-0.2, -0.15) is 0 Å². The summed E-state index contributed by atoms with van der Waals surface area (Å²) >= 11 is 2.15. The van der Waals surface area contributed by atoms with E-state index in [1.54, 1.807) is 31.2 Å². The van der Waals surface area contributed by atoms with Crippen LogP contribution in [-0.4, -0.2) is 24.5 Å². The zero-order valence-corrected chi connectivity index (χ0v) is 23.2. The van der Waals surface area contributed by atoms with Crippen molar-refractivity contribution in [3.8, 4) is 11.5 Å². The fraction of sp³-hybridized carbons (Fsp3) is 0.207. The number of urea groups is 1. The Bertz CT molecular complexity index is 1410. The van der Waals surface area contributed by atoms with Crippen LogP contribution in [0.15, 0.2) is 60.2 Å². The predicted molar refractivity (Wildman–Crippen MR) is 151 cm³/mol. The van der Waals surface area contributed by atoms with E-state index >= 15 is 0 Å². The second-order valence-corrected chi connectivity index (χ2v) is 9.95. The van der Waals surface area contributed by atoms with Gasteiger partial charge in [0.05, 0.1) is 15.9 Å². The van der Waals surface area contributed by atoms with E-state index in [0.29, 0.717) is 36.0 Å². The number of para-hydroxylation sites is 1. The fourth-order valence-electron chi connectivity index (χ4n) is 4.24. The third-order valence-corrected chi connectivity index (χ3v) is 6.57. The number of amides is 4. The minimum absolute atomic E-state index is 0.148. The van der Waals surface area contributed by atoms with Gasteiger partial charge >= 0.3 is 6.03 Å². The number of nitrogens with zero attached hydrogens (tertiary/aromatic N) is 1. The molecule has 0 bridgehead atoms. The van der Waals surface area contributed by atoms with Crippen molar-refractivity contribution in [1.82, 2.24) is 5.32 Å². The highest BCUT2D eigenvalue weighted by molar-refractivity contribution is 14.1. The predicted octanol–water partition coefficient (Wildman–Crippen LogP) is 5.86. The lowest BCUT2D eigenvalue weighted by Gasteiger charge is -2.27. The molecule has 1 fully saturated rings. The summed E-state index contributed by atoms with van der Waals surface area (Å²) in [6.45, 7) is 8.53. The molecule has 0 spiro atoms. The number of halogens is 1. The summed E-state index contributed by atoms with van der Waals surface area (Å²) in [7, 11) is 0. The molecule has 1 N–H and O–H groups in total. The van der Waals surface area contributed by atoms with Gasteiger partial charge in [-0.05, 0) is 91.3 Å². The smallest absolute Gasteiger partial charge is 0.335 e. The molecule has 0 aliphatic carbocycles. The van der Waals surface area contributed by atoms with Crippen molar-refractivity contribution in [2.75, 3.05) is 11.5 Å². The molecular weight excluding hydrogens is 583 g/mol. The van der Waals surface area contributed by atoms with Crippen LogP contribution in [0.25, 0.3) is 6.08 Å². The minimum atomic E-state index is -0.777.